The van der Waals surface area contributed by atoms with Crippen LogP contribution in [0.15, 0.2) is 11.4 Å². The van der Waals surface area contributed by atoms with Gasteiger partial charge in [0.1, 0.15) is 8.24 Å². The van der Waals surface area contributed by atoms with Crippen molar-refractivity contribution in [2.45, 2.75) is 65.7 Å². The van der Waals surface area contributed by atoms with Crippen molar-refractivity contribution >= 4 is 8.24 Å². The Labute approximate surface area is 102 Å². The molecule has 1 rings (SSSR count). The maximum atomic E-state index is 3.62. The smallest absolute Gasteiger partial charge is 0.147 e. The van der Waals surface area contributed by atoms with E-state index in [1.807, 2.05) is 0 Å². The van der Waals surface area contributed by atoms with Crippen molar-refractivity contribution in [3.05, 3.63) is 11.4 Å². The molecule has 0 amide bonds. The summed E-state index contributed by atoms with van der Waals surface area (Å²) >= 11 is 0. The number of allylic oxidation sites excluding steroid dienone is 2. The van der Waals surface area contributed by atoms with Crippen LogP contribution >= 0.6 is 0 Å². The Bertz CT molecular complexity index is 287. The lowest BCUT2D eigenvalue weighted by Crippen LogP contribution is -2.63. The molecule has 0 bridgehead atoms. The molecule has 1 heterocycles. The zero-order valence-corrected chi connectivity index (χ0v) is 13.1. The van der Waals surface area contributed by atoms with Crippen molar-refractivity contribution in [1.82, 2.24) is 9.88 Å². The van der Waals surface area contributed by atoms with Gasteiger partial charge in [0.15, 0.2) is 0 Å². The second kappa shape index (κ2) is 4.44. The highest BCUT2D eigenvalue weighted by molar-refractivity contribution is 6.73. The minimum Gasteiger partial charge on any atom is -0.393 e. The van der Waals surface area contributed by atoms with E-state index in [0.717, 1.165) is 19.4 Å². The fourth-order valence-corrected chi connectivity index (χ4v) is 6.02. The van der Waals surface area contributed by atoms with E-state index in [9.17, 15) is 0 Å². The Morgan fingerprint density at radius 3 is 2.12 bits per heavy atom. The van der Waals surface area contributed by atoms with Gasteiger partial charge in [0.25, 0.3) is 0 Å². The number of hydrogen-bond acceptors (Lipinski definition) is 2. The van der Waals surface area contributed by atoms with Crippen molar-refractivity contribution in [3.8, 4) is 0 Å². The lowest BCUT2D eigenvalue weighted by Gasteiger charge is -2.53. The normalized spacial score (nSPS) is 21.1. The molecule has 0 spiro atoms. The van der Waals surface area contributed by atoms with Crippen LogP contribution in [0.3, 0.4) is 0 Å². The van der Waals surface area contributed by atoms with Gasteiger partial charge in [0.2, 0.25) is 0 Å². The van der Waals surface area contributed by atoms with Crippen molar-refractivity contribution in [3.63, 3.8) is 0 Å². The molecule has 0 saturated carbocycles. The maximum Gasteiger partial charge on any atom is 0.147 e. The molecule has 0 atom stereocenters. The monoisotopic (exact) mass is 240 g/mol. The molecule has 1 N–H and O–H groups in total. The number of nitrogens with one attached hydrogen (secondary N) is 1. The zero-order chi connectivity index (χ0) is 12.6. The Hall–Kier alpha value is -0.443. The van der Waals surface area contributed by atoms with Crippen LogP contribution in [-0.2, 0) is 0 Å². The van der Waals surface area contributed by atoms with Crippen LogP contribution in [0, 0.1) is 0 Å². The summed E-state index contributed by atoms with van der Waals surface area (Å²) in [6, 6.07) is 0. The molecule has 0 fully saturated rings. The first-order chi connectivity index (χ1) is 7.24. The molecule has 0 aromatic heterocycles. The van der Waals surface area contributed by atoms with Crippen LogP contribution in [0.1, 0.15) is 40.5 Å². The molecular weight excluding hydrogens is 212 g/mol. The first kappa shape index (κ1) is 13.6. The zero-order valence-electron chi connectivity index (χ0n) is 12.1. The summed E-state index contributed by atoms with van der Waals surface area (Å²) in [7, 11) is -1.30. The van der Waals surface area contributed by atoms with E-state index in [4.69, 9.17) is 0 Å². The molecule has 94 valence electrons. The molecule has 16 heavy (non-hydrogen) atoms. The van der Waals surface area contributed by atoms with E-state index < -0.39 is 8.24 Å². The first-order valence-electron chi connectivity index (χ1n) is 6.50. The quantitative estimate of drug-likeness (QED) is 0.759. The van der Waals surface area contributed by atoms with Gasteiger partial charge in [-0.25, -0.2) is 0 Å². The lowest BCUT2D eigenvalue weighted by molar-refractivity contribution is 0.229. The SMILES string of the molecule is CCC1=C(CC)N([Si](C)(C)C)C(C)(C)CN1. The lowest BCUT2D eigenvalue weighted by atomic mass is 10.00. The van der Waals surface area contributed by atoms with E-state index in [2.05, 4.69) is 57.2 Å². The average Bonchev–Trinajstić information content (AvgIpc) is 2.13. The van der Waals surface area contributed by atoms with Crippen LogP contribution in [0.25, 0.3) is 0 Å². The van der Waals surface area contributed by atoms with Crippen LogP contribution in [0.2, 0.25) is 19.6 Å². The fourth-order valence-electron chi connectivity index (χ4n) is 3.02. The number of nitrogens with zero attached hydrogens (tertiary/aromatic N) is 1. The highest BCUT2D eigenvalue weighted by Crippen LogP contribution is 2.34. The van der Waals surface area contributed by atoms with Gasteiger partial charge in [-0.1, -0.05) is 33.5 Å². The molecule has 0 radical (unpaired) electrons. The van der Waals surface area contributed by atoms with Crippen LogP contribution in [0.4, 0.5) is 0 Å². The topological polar surface area (TPSA) is 15.3 Å². The summed E-state index contributed by atoms with van der Waals surface area (Å²) in [6.07, 6.45) is 2.27. The molecular formula is C13H28N2Si. The molecule has 0 aromatic rings. The molecule has 0 aliphatic carbocycles. The third kappa shape index (κ3) is 2.45. The highest BCUT2D eigenvalue weighted by atomic mass is 28.3. The fraction of sp³-hybridized carbons (Fsp3) is 0.846. The van der Waals surface area contributed by atoms with Crippen molar-refractivity contribution < 1.29 is 0 Å². The molecule has 0 unspecified atom stereocenters. The maximum absolute atomic E-state index is 3.62. The predicted molar refractivity (Wildman–Crippen MR) is 74.9 cm³/mol. The highest BCUT2D eigenvalue weighted by Gasteiger charge is 2.40. The van der Waals surface area contributed by atoms with Gasteiger partial charge in [-0.3, -0.25) is 0 Å². The Kier molecular flexibility index (Phi) is 3.78. The minimum atomic E-state index is -1.30. The van der Waals surface area contributed by atoms with Gasteiger partial charge in [-0.2, -0.15) is 0 Å². The summed E-state index contributed by atoms with van der Waals surface area (Å²) in [5.41, 5.74) is 3.27. The summed E-state index contributed by atoms with van der Waals surface area (Å²) < 4.78 is 2.75. The number of hydrogen-bond donors (Lipinski definition) is 1. The van der Waals surface area contributed by atoms with Crippen LogP contribution in [-0.4, -0.2) is 24.9 Å². The Balaban J connectivity index is 3.22. The van der Waals surface area contributed by atoms with E-state index >= 15 is 0 Å². The Morgan fingerprint density at radius 2 is 1.75 bits per heavy atom. The molecule has 2 nitrogen and oxygen atoms in total. The van der Waals surface area contributed by atoms with Crippen LogP contribution in [0.5, 0.6) is 0 Å². The third-order valence-corrected chi connectivity index (χ3v) is 5.53. The van der Waals surface area contributed by atoms with Gasteiger partial charge in [0.05, 0.1) is 0 Å². The third-order valence-electron chi connectivity index (χ3n) is 3.32. The van der Waals surface area contributed by atoms with Gasteiger partial charge < -0.3 is 9.88 Å². The predicted octanol–water partition coefficient (Wildman–Crippen LogP) is 3.54. The number of rotatable bonds is 3. The second-order valence-electron chi connectivity index (χ2n) is 6.30. The summed E-state index contributed by atoms with van der Waals surface area (Å²) in [5, 5.41) is 3.62. The minimum absolute atomic E-state index is 0.258. The van der Waals surface area contributed by atoms with E-state index in [-0.39, 0.29) is 5.54 Å². The van der Waals surface area contributed by atoms with Crippen molar-refractivity contribution in [2.24, 2.45) is 0 Å². The summed E-state index contributed by atoms with van der Waals surface area (Å²) in [6.45, 7) is 17.7. The van der Waals surface area contributed by atoms with Gasteiger partial charge in [0, 0.05) is 23.5 Å². The van der Waals surface area contributed by atoms with E-state index in [1.165, 1.54) is 5.70 Å². The molecule has 3 heteroatoms. The molecule has 1 aliphatic rings. The molecule has 1 aliphatic heterocycles. The van der Waals surface area contributed by atoms with Gasteiger partial charge in [-0.05, 0) is 26.7 Å². The molecule has 0 aromatic carbocycles. The van der Waals surface area contributed by atoms with Gasteiger partial charge in [-0.15, -0.1) is 0 Å². The van der Waals surface area contributed by atoms with E-state index in [0.29, 0.717) is 0 Å². The van der Waals surface area contributed by atoms with Crippen molar-refractivity contribution in [2.75, 3.05) is 6.54 Å². The summed E-state index contributed by atoms with van der Waals surface area (Å²) in [5.74, 6) is 0. The first-order valence-corrected chi connectivity index (χ1v) is 9.95. The standard InChI is InChI=1S/C13H28N2Si/c1-8-11-12(9-2)15(16(5,6)7)13(3,4)10-14-11/h14H,8-10H2,1-7H3. The van der Waals surface area contributed by atoms with Crippen LogP contribution < -0.4 is 5.32 Å². The summed E-state index contributed by atoms with van der Waals surface area (Å²) in [4.78, 5) is 0. The average molecular weight is 240 g/mol. The second-order valence-corrected chi connectivity index (χ2v) is 11.1. The largest absolute Gasteiger partial charge is 0.393 e. The van der Waals surface area contributed by atoms with Gasteiger partial charge >= 0.3 is 0 Å². The molecule has 0 saturated heterocycles. The van der Waals surface area contributed by atoms with Crippen molar-refractivity contribution in [1.29, 1.82) is 0 Å². The Morgan fingerprint density at radius 1 is 1.19 bits per heavy atom. The van der Waals surface area contributed by atoms with E-state index in [1.54, 1.807) is 5.70 Å².